The molecule has 2 aromatic carbocycles. The maximum atomic E-state index is 12.9. The summed E-state index contributed by atoms with van der Waals surface area (Å²) in [6.07, 6.45) is 0.993. The first-order valence-electron chi connectivity index (χ1n) is 12.5. The van der Waals surface area contributed by atoms with Crippen LogP contribution in [0.1, 0.15) is 29.7 Å². The van der Waals surface area contributed by atoms with Gasteiger partial charge in [0.15, 0.2) is 0 Å². The number of morpholine rings is 1. The van der Waals surface area contributed by atoms with Gasteiger partial charge in [-0.15, -0.1) is 0 Å². The molecular formula is C28H33N5O4. The second kappa shape index (κ2) is 10.3. The number of nitrogens with one attached hydrogen (secondary N) is 3. The standard InChI is InChI=1S/C28H33N5O4/c1-16-11-19(5-6-24(16)36-4)23(34)14-30-21-7-8-29-28(35)25(21)27-31-22-13-20(12-17(2)26(22)32-27)33-9-10-37-18(3)15-33/h5-8,11-13,18,23,34H,9-10,14-15H2,1-4H3,(H,31,32)(H2,29,30,35)/t18?,23-/m1/s1. The fraction of sp³-hybridized carbons (Fsp3) is 0.357. The van der Waals surface area contributed by atoms with Gasteiger partial charge >= 0.3 is 0 Å². The zero-order chi connectivity index (χ0) is 26.1. The van der Waals surface area contributed by atoms with Crippen LogP contribution in [0.2, 0.25) is 0 Å². The van der Waals surface area contributed by atoms with Gasteiger partial charge in [0.2, 0.25) is 0 Å². The summed E-state index contributed by atoms with van der Waals surface area (Å²) in [5.74, 6) is 1.25. The monoisotopic (exact) mass is 503 g/mol. The molecule has 9 heteroatoms. The van der Waals surface area contributed by atoms with Crippen LogP contribution in [-0.2, 0) is 4.74 Å². The number of benzene rings is 2. The Labute approximate surface area is 215 Å². The van der Waals surface area contributed by atoms with E-state index in [1.165, 1.54) is 0 Å². The number of anilines is 2. The average molecular weight is 504 g/mol. The molecular weight excluding hydrogens is 470 g/mol. The summed E-state index contributed by atoms with van der Waals surface area (Å²) in [7, 11) is 1.62. The van der Waals surface area contributed by atoms with E-state index < -0.39 is 6.10 Å². The van der Waals surface area contributed by atoms with Crippen LogP contribution in [0.25, 0.3) is 22.4 Å². The van der Waals surface area contributed by atoms with E-state index in [1.807, 2.05) is 32.0 Å². The van der Waals surface area contributed by atoms with Crippen molar-refractivity contribution in [3.63, 3.8) is 0 Å². The Hall–Kier alpha value is -3.82. The summed E-state index contributed by atoms with van der Waals surface area (Å²) in [6.45, 7) is 8.62. The Bertz CT molecular complexity index is 1480. The number of imidazole rings is 1. The maximum Gasteiger partial charge on any atom is 0.261 e. The molecule has 1 aliphatic heterocycles. The highest BCUT2D eigenvalue weighted by molar-refractivity contribution is 5.87. The van der Waals surface area contributed by atoms with E-state index in [0.717, 1.165) is 52.3 Å². The third-order valence-corrected chi connectivity index (χ3v) is 6.86. The van der Waals surface area contributed by atoms with Crippen LogP contribution >= 0.6 is 0 Å². The minimum absolute atomic E-state index is 0.177. The van der Waals surface area contributed by atoms with Gasteiger partial charge in [-0.3, -0.25) is 4.79 Å². The first-order valence-corrected chi connectivity index (χ1v) is 12.5. The average Bonchev–Trinajstić information content (AvgIpc) is 3.31. The van der Waals surface area contributed by atoms with E-state index in [-0.39, 0.29) is 18.2 Å². The van der Waals surface area contributed by atoms with Gasteiger partial charge in [0.25, 0.3) is 5.56 Å². The molecule has 1 saturated heterocycles. The molecule has 37 heavy (non-hydrogen) atoms. The highest BCUT2D eigenvalue weighted by Gasteiger charge is 2.20. The van der Waals surface area contributed by atoms with E-state index in [9.17, 15) is 9.90 Å². The lowest BCUT2D eigenvalue weighted by Gasteiger charge is -2.33. The summed E-state index contributed by atoms with van der Waals surface area (Å²) < 4.78 is 11.0. The number of aliphatic hydroxyl groups excluding tert-OH is 1. The van der Waals surface area contributed by atoms with Crippen molar-refractivity contribution in [1.29, 1.82) is 0 Å². The van der Waals surface area contributed by atoms with Crippen molar-refractivity contribution in [3.8, 4) is 17.1 Å². The maximum absolute atomic E-state index is 12.9. The number of hydrogen-bond donors (Lipinski definition) is 4. The number of methoxy groups -OCH3 is 1. The molecule has 0 saturated carbocycles. The van der Waals surface area contributed by atoms with E-state index in [4.69, 9.17) is 14.5 Å². The van der Waals surface area contributed by atoms with Gasteiger partial charge in [0, 0.05) is 31.5 Å². The molecule has 2 atom stereocenters. The number of aromatic nitrogens is 3. The van der Waals surface area contributed by atoms with E-state index >= 15 is 0 Å². The Balaban J connectivity index is 1.43. The molecule has 3 heterocycles. The summed E-state index contributed by atoms with van der Waals surface area (Å²) in [4.78, 5) is 26.1. The Morgan fingerprint density at radius 3 is 2.84 bits per heavy atom. The molecule has 0 bridgehead atoms. The molecule has 0 amide bonds. The third-order valence-electron chi connectivity index (χ3n) is 6.86. The number of aliphatic hydroxyl groups is 1. The summed E-state index contributed by atoms with van der Waals surface area (Å²) >= 11 is 0. The molecule has 9 nitrogen and oxygen atoms in total. The third kappa shape index (κ3) is 5.05. The molecule has 194 valence electrons. The number of aromatic amines is 2. The Kier molecular flexibility index (Phi) is 6.90. The van der Waals surface area contributed by atoms with Crippen LogP contribution in [0, 0.1) is 13.8 Å². The molecule has 1 unspecified atom stereocenters. The fourth-order valence-electron chi connectivity index (χ4n) is 4.92. The second-order valence-corrected chi connectivity index (χ2v) is 9.59. The number of ether oxygens (including phenoxy) is 2. The molecule has 4 aromatic rings. The van der Waals surface area contributed by atoms with Crippen LogP contribution in [0.5, 0.6) is 5.75 Å². The summed E-state index contributed by atoms with van der Waals surface area (Å²) in [5.41, 5.74) is 6.26. The highest BCUT2D eigenvalue weighted by atomic mass is 16.5. The number of nitrogens with zero attached hydrogens (tertiary/aromatic N) is 2. The predicted octanol–water partition coefficient (Wildman–Crippen LogP) is 3.91. The van der Waals surface area contributed by atoms with Crippen molar-refractivity contribution in [2.75, 3.05) is 43.6 Å². The molecule has 0 spiro atoms. The van der Waals surface area contributed by atoms with Gasteiger partial charge in [0.05, 0.1) is 42.6 Å². The van der Waals surface area contributed by atoms with E-state index in [1.54, 1.807) is 19.4 Å². The number of rotatable bonds is 7. The van der Waals surface area contributed by atoms with Gasteiger partial charge in [-0.05, 0) is 67.8 Å². The largest absolute Gasteiger partial charge is 0.496 e. The predicted molar refractivity (Wildman–Crippen MR) is 146 cm³/mol. The second-order valence-electron chi connectivity index (χ2n) is 9.59. The molecule has 1 fully saturated rings. The van der Waals surface area contributed by atoms with Crippen molar-refractivity contribution in [1.82, 2.24) is 15.0 Å². The SMILES string of the molecule is COc1ccc([C@H](O)CNc2cc[nH]c(=O)c2-c2nc3c(C)cc(N4CCOC(C)C4)cc3[nH]2)cc1C. The van der Waals surface area contributed by atoms with Gasteiger partial charge in [0.1, 0.15) is 17.1 Å². The van der Waals surface area contributed by atoms with E-state index in [0.29, 0.717) is 23.7 Å². The van der Waals surface area contributed by atoms with Gasteiger partial charge in [-0.1, -0.05) is 6.07 Å². The first-order chi connectivity index (χ1) is 17.8. The molecule has 4 N–H and O–H groups in total. The first kappa shape index (κ1) is 24.9. The molecule has 1 aliphatic rings. The Morgan fingerprint density at radius 1 is 1.24 bits per heavy atom. The number of pyridine rings is 1. The van der Waals surface area contributed by atoms with Gasteiger partial charge in [-0.25, -0.2) is 4.98 Å². The summed E-state index contributed by atoms with van der Waals surface area (Å²) in [5, 5.41) is 14.0. The van der Waals surface area contributed by atoms with Crippen molar-refractivity contribution < 1.29 is 14.6 Å². The van der Waals surface area contributed by atoms with Gasteiger partial charge in [-0.2, -0.15) is 0 Å². The lowest BCUT2D eigenvalue weighted by Crippen LogP contribution is -2.41. The molecule has 0 radical (unpaired) electrons. The zero-order valence-corrected chi connectivity index (χ0v) is 21.6. The van der Waals surface area contributed by atoms with Crippen LogP contribution < -0.4 is 20.5 Å². The van der Waals surface area contributed by atoms with Crippen LogP contribution in [0.15, 0.2) is 47.4 Å². The summed E-state index contributed by atoms with van der Waals surface area (Å²) in [6, 6.07) is 11.6. The Morgan fingerprint density at radius 2 is 2.08 bits per heavy atom. The molecule has 5 rings (SSSR count). The highest BCUT2D eigenvalue weighted by Crippen LogP contribution is 2.30. The number of hydrogen-bond acceptors (Lipinski definition) is 7. The number of H-pyrrole nitrogens is 2. The lowest BCUT2D eigenvalue weighted by atomic mass is 10.1. The smallest absolute Gasteiger partial charge is 0.261 e. The van der Waals surface area contributed by atoms with Crippen LogP contribution in [0.3, 0.4) is 0 Å². The van der Waals surface area contributed by atoms with Crippen molar-refractivity contribution >= 4 is 22.4 Å². The quantitative estimate of drug-likeness (QED) is 0.302. The topological polar surface area (TPSA) is 116 Å². The van der Waals surface area contributed by atoms with Crippen molar-refractivity contribution in [2.24, 2.45) is 0 Å². The zero-order valence-electron chi connectivity index (χ0n) is 21.6. The normalized spacial score (nSPS) is 16.7. The number of aryl methyl sites for hydroxylation is 2. The van der Waals surface area contributed by atoms with Crippen molar-refractivity contribution in [3.05, 3.63) is 69.6 Å². The van der Waals surface area contributed by atoms with Crippen molar-refractivity contribution in [2.45, 2.75) is 33.0 Å². The van der Waals surface area contributed by atoms with Crippen LogP contribution in [0.4, 0.5) is 11.4 Å². The number of fused-ring (bicyclic) bond motifs is 1. The molecule has 0 aliphatic carbocycles. The minimum Gasteiger partial charge on any atom is -0.496 e. The molecule has 2 aromatic heterocycles. The van der Waals surface area contributed by atoms with Crippen LogP contribution in [-0.4, -0.2) is 59.5 Å². The fourth-order valence-corrected chi connectivity index (χ4v) is 4.92. The van der Waals surface area contributed by atoms with E-state index in [2.05, 4.69) is 39.2 Å². The lowest BCUT2D eigenvalue weighted by molar-refractivity contribution is 0.0532. The van der Waals surface area contributed by atoms with Gasteiger partial charge < -0.3 is 34.8 Å². The minimum atomic E-state index is -0.770.